The summed E-state index contributed by atoms with van der Waals surface area (Å²) in [6.07, 6.45) is 2.86. The van der Waals surface area contributed by atoms with E-state index in [9.17, 15) is 4.79 Å². The van der Waals surface area contributed by atoms with Gasteiger partial charge < -0.3 is 14.6 Å². The average Bonchev–Trinajstić information content (AvgIpc) is 2.81. The van der Waals surface area contributed by atoms with Crippen molar-refractivity contribution in [3.8, 4) is 5.75 Å². The fraction of sp³-hybridized carbons (Fsp3) is 0.400. The summed E-state index contributed by atoms with van der Waals surface area (Å²) in [7, 11) is 1.65. The molecule has 0 fully saturated rings. The standard InChI is InChI=1S/C15H20N2O2/c1-4-11(2)16-15(18)10-17-9-8-12-13(17)6-5-7-14(12)19-3/h5-9,11H,4,10H2,1-3H3,(H,16,18). The van der Waals surface area contributed by atoms with E-state index in [0.717, 1.165) is 23.1 Å². The van der Waals surface area contributed by atoms with Gasteiger partial charge in [0.2, 0.25) is 5.91 Å². The summed E-state index contributed by atoms with van der Waals surface area (Å²) in [5, 5.41) is 4.00. The lowest BCUT2D eigenvalue weighted by atomic mass is 10.2. The molecule has 0 saturated heterocycles. The van der Waals surface area contributed by atoms with Crippen molar-refractivity contribution in [1.82, 2.24) is 9.88 Å². The first-order valence-corrected chi connectivity index (χ1v) is 6.57. The molecule has 0 aliphatic heterocycles. The monoisotopic (exact) mass is 260 g/mol. The zero-order valence-electron chi connectivity index (χ0n) is 11.6. The summed E-state index contributed by atoms with van der Waals surface area (Å²) >= 11 is 0. The Morgan fingerprint density at radius 2 is 2.21 bits per heavy atom. The lowest BCUT2D eigenvalue weighted by molar-refractivity contribution is -0.122. The number of nitrogens with one attached hydrogen (secondary N) is 1. The van der Waals surface area contributed by atoms with Crippen LogP contribution in [-0.4, -0.2) is 23.6 Å². The zero-order chi connectivity index (χ0) is 13.8. The summed E-state index contributed by atoms with van der Waals surface area (Å²) in [4.78, 5) is 11.9. The van der Waals surface area contributed by atoms with Crippen molar-refractivity contribution in [3.05, 3.63) is 30.5 Å². The van der Waals surface area contributed by atoms with Crippen LogP contribution in [0.1, 0.15) is 20.3 Å². The molecule has 1 aromatic heterocycles. The highest BCUT2D eigenvalue weighted by Crippen LogP contribution is 2.26. The third kappa shape index (κ3) is 2.89. The van der Waals surface area contributed by atoms with Crippen molar-refractivity contribution >= 4 is 16.8 Å². The minimum atomic E-state index is 0.0367. The molecular weight excluding hydrogens is 240 g/mol. The van der Waals surface area contributed by atoms with Crippen LogP contribution in [0, 0.1) is 0 Å². The Morgan fingerprint density at radius 3 is 2.89 bits per heavy atom. The van der Waals surface area contributed by atoms with E-state index in [-0.39, 0.29) is 11.9 Å². The van der Waals surface area contributed by atoms with Gasteiger partial charge in [-0.05, 0) is 31.5 Å². The lowest BCUT2D eigenvalue weighted by Gasteiger charge is -2.12. The second-order valence-electron chi connectivity index (χ2n) is 4.71. The molecule has 19 heavy (non-hydrogen) atoms. The molecule has 0 aliphatic rings. The van der Waals surface area contributed by atoms with Crippen molar-refractivity contribution < 1.29 is 9.53 Å². The average molecular weight is 260 g/mol. The van der Waals surface area contributed by atoms with Crippen molar-refractivity contribution in [1.29, 1.82) is 0 Å². The highest BCUT2D eigenvalue weighted by molar-refractivity contribution is 5.88. The van der Waals surface area contributed by atoms with E-state index < -0.39 is 0 Å². The van der Waals surface area contributed by atoms with Crippen LogP contribution >= 0.6 is 0 Å². The fourth-order valence-corrected chi connectivity index (χ4v) is 2.09. The van der Waals surface area contributed by atoms with E-state index in [1.807, 2.05) is 42.0 Å². The Hall–Kier alpha value is -1.97. The van der Waals surface area contributed by atoms with Crippen molar-refractivity contribution in [2.75, 3.05) is 7.11 Å². The molecular formula is C15H20N2O2. The molecule has 1 atom stereocenters. The first-order valence-electron chi connectivity index (χ1n) is 6.57. The van der Waals surface area contributed by atoms with Crippen LogP contribution in [0.3, 0.4) is 0 Å². The molecule has 0 bridgehead atoms. The van der Waals surface area contributed by atoms with E-state index in [0.29, 0.717) is 6.54 Å². The number of fused-ring (bicyclic) bond motifs is 1. The van der Waals surface area contributed by atoms with E-state index in [2.05, 4.69) is 12.2 Å². The Balaban J connectivity index is 2.20. The molecule has 2 rings (SSSR count). The molecule has 1 amide bonds. The van der Waals surface area contributed by atoms with Gasteiger partial charge in [-0.25, -0.2) is 0 Å². The lowest BCUT2D eigenvalue weighted by Crippen LogP contribution is -2.34. The number of benzene rings is 1. The molecule has 0 aliphatic carbocycles. The first kappa shape index (κ1) is 13.5. The van der Waals surface area contributed by atoms with Gasteiger partial charge in [0.15, 0.2) is 0 Å². The summed E-state index contributed by atoms with van der Waals surface area (Å²) in [6.45, 7) is 4.40. The third-order valence-corrected chi connectivity index (χ3v) is 3.33. The van der Waals surface area contributed by atoms with Crippen LogP contribution in [0.5, 0.6) is 5.75 Å². The number of carbonyl (C=O) groups is 1. The number of methoxy groups -OCH3 is 1. The Kier molecular flexibility index (Phi) is 4.10. The smallest absolute Gasteiger partial charge is 0.240 e. The van der Waals surface area contributed by atoms with Crippen molar-refractivity contribution in [2.24, 2.45) is 0 Å². The van der Waals surface area contributed by atoms with Gasteiger partial charge in [0.05, 0.1) is 12.6 Å². The number of hydrogen-bond donors (Lipinski definition) is 1. The van der Waals surface area contributed by atoms with Gasteiger partial charge in [-0.1, -0.05) is 13.0 Å². The van der Waals surface area contributed by atoms with Crippen LogP contribution < -0.4 is 10.1 Å². The topological polar surface area (TPSA) is 43.3 Å². The number of carbonyl (C=O) groups excluding carboxylic acids is 1. The molecule has 4 heteroatoms. The van der Waals surface area contributed by atoms with E-state index >= 15 is 0 Å². The normalized spacial score (nSPS) is 12.4. The molecule has 1 heterocycles. The second kappa shape index (κ2) is 5.78. The second-order valence-corrected chi connectivity index (χ2v) is 4.71. The quantitative estimate of drug-likeness (QED) is 0.898. The SMILES string of the molecule is CCC(C)NC(=O)Cn1ccc2c(OC)cccc21. The molecule has 0 saturated carbocycles. The number of nitrogens with zero attached hydrogens (tertiary/aromatic N) is 1. The molecule has 2 aromatic rings. The Labute approximate surface area is 113 Å². The van der Waals surface area contributed by atoms with Gasteiger partial charge in [-0.3, -0.25) is 4.79 Å². The van der Waals surface area contributed by atoms with E-state index in [1.54, 1.807) is 7.11 Å². The van der Waals surface area contributed by atoms with Gasteiger partial charge >= 0.3 is 0 Å². The molecule has 0 spiro atoms. The van der Waals surface area contributed by atoms with Crippen molar-refractivity contribution in [2.45, 2.75) is 32.9 Å². The van der Waals surface area contributed by atoms with Gasteiger partial charge in [0, 0.05) is 17.6 Å². The predicted octanol–water partition coefficient (Wildman–Crippen LogP) is 2.56. The maximum absolute atomic E-state index is 11.9. The van der Waals surface area contributed by atoms with Crippen LogP contribution in [0.2, 0.25) is 0 Å². The molecule has 102 valence electrons. The highest BCUT2D eigenvalue weighted by atomic mass is 16.5. The van der Waals surface area contributed by atoms with Crippen LogP contribution in [-0.2, 0) is 11.3 Å². The maximum Gasteiger partial charge on any atom is 0.240 e. The summed E-state index contributed by atoms with van der Waals surface area (Å²) in [5.41, 5.74) is 1.01. The van der Waals surface area contributed by atoms with E-state index in [4.69, 9.17) is 4.74 Å². The largest absolute Gasteiger partial charge is 0.496 e. The minimum absolute atomic E-state index is 0.0367. The van der Waals surface area contributed by atoms with Gasteiger partial charge in [0.1, 0.15) is 12.3 Å². The minimum Gasteiger partial charge on any atom is -0.496 e. The molecule has 1 unspecified atom stereocenters. The number of ether oxygens (including phenoxy) is 1. The van der Waals surface area contributed by atoms with Gasteiger partial charge in [-0.2, -0.15) is 0 Å². The zero-order valence-corrected chi connectivity index (χ0v) is 11.6. The molecule has 4 nitrogen and oxygen atoms in total. The molecule has 1 aromatic carbocycles. The maximum atomic E-state index is 11.9. The summed E-state index contributed by atoms with van der Waals surface area (Å²) in [6, 6.07) is 8.04. The van der Waals surface area contributed by atoms with Crippen LogP contribution in [0.4, 0.5) is 0 Å². The molecule has 0 radical (unpaired) electrons. The predicted molar refractivity (Wildman–Crippen MR) is 76.4 cm³/mol. The van der Waals surface area contributed by atoms with Crippen molar-refractivity contribution in [3.63, 3.8) is 0 Å². The van der Waals surface area contributed by atoms with Gasteiger partial charge in [0.25, 0.3) is 0 Å². The van der Waals surface area contributed by atoms with Crippen LogP contribution in [0.15, 0.2) is 30.5 Å². The van der Waals surface area contributed by atoms with Crippen LogP contribution in [0.25, 0.3) is 10.9 Å². The molecule has 1 N–H and O–H groups in total. The Bertz CT molecular complexity index is 575. The summed E-state index contributed by atoms with van der Waals surface area (Å²) in [5.74, 6) is 0.869. The number of aromatic nitrogens is 1. The highest BCUT2D eigenvalue weighted by Gasteiger charge is 2.10. The third-order valence-electron chi connectivity index (χ3n) is 3.33. The number of rotatable bonds is 5. The van der Waals surface area contributed by atoms with Gasteiger partial charge in [-0.15, -0.1) is 0 Å². The number of amides is 1. The summed E-state index contributed by atoms with van der Waals surface area (Å²) < 4.78 is 7.25. The first-order chi connectivity index (χ1) is 9.15. The fourth-order valence-electron chi connectivity index (χ4n) is 2.09. The Morgan fingerprint density at radius 1 is 1.42 bits per heavy atom. The number of hydrogen-bond acceptors (Lipinski definition) is 2. The van der Waals surface area contributed by atoms with E-state index in [1.165, 1.54) is 0 Å².